The second-order valence-corrected chi connectivity index (χ2v) is 10.9. The van der Waals surface area contributed by atoms with Gasteiger partial charge >= 0.3 is 0 Å². The summed E-state index contributed by atoms with van der Waals surface area (Å²) in [5.74, 6) is -0.955. The van der Waals surface area contributed by atoms with E-state index in [1.807, 2.05) is 18.2 Å². The van der Waals surface area contributed by atoms with Crippen LogP contribution in [0.15, 0.2) is 84.3 Å². The maximum Gasteiger partial charge on any atom is 0.237 e. The number of sulfonamides is 1. The largest absolute Gasteiger partial charge is 0.339 e. The van der Waals surface area contributed by atoms with Crippen molar-refractivity contribution in [1.29, 1.82) is 0 Å². The standard InChI is InChI=1S/C28H29F2N3O3S/c1-31(37(35,36)20-15-22-5-3-2-4-6-22)21-27(34)32-16-18-33(19-17-32)28(23-7-11-25(29)12-8-23)24-9-13-26(30)14-10-24/h2-15,20,28H,16-19,21H2,1H3/b20-15+. The summed E-state index contributed by atoms with van der Waals surface area (Å²) in [6.45, 7) is 1.60. The molecule has 0 atom stereocenters. The normalized spacial score (nSPS) is 15.1. The van der Waals surface area contributed by atoms with Gasteiger partial charge in [-0.2, -0.15) is 4.31 Å². The van der Waals surface area contributed by atoms with Gasteiger partial charge in [-0.15, -0.1) is 0 Å². The number of amides is 1. The lowest BCUT2D eigenvalue weighted by Crippen LogP contribution is -2.52. The average Bonchev–Trinajstić information content (AvgIpc) is 2.91. The van der Waals surface area contributed by atoms with E-state index >= 15 is 0 Å². The minimum absolute atomic E-state index is 0.232. The zero-order valence-electron chi connectivity index (χ0n) is 20.5. The zero-order valence-corrected chi connectivity index (χ0v) is 21.3. The number of hydrogen-bond acceptors (Lipinski definition) is 4. The number of halogens is 2. The summed E-state index contributed by atoms with van der Waals surface area (Å²) < 4.78 is 53.4. The Balaban J connectivity index is 1.40. The molecule has 0 saturated carbocycles. The number of hydrogen-bond donors (Lipinski definition) is 0. The summed E-state index contributed by atoms with van der Waals surface area (Å²) in [4.78, 5) is 16.7. The number of nitrogens with zero attached hydrogens (tertiary/aromatic N) is 3. The van der Waals surface area contributed by atoms with Crippen molar-refractivity contribution in [2.24, 2.45) is 0 Å². The SMILES string of the molecule is CN(CC(=O)N1CCN(C(c2ccc(F)cc2)c2ccc(F)cc2)CC1)S(=O)(=O)/C=C/c1ccccc1. The van der Waals surface area contributed by atoms with Gasteiger partial charge in [0.2, 0.25) is 15.9 Å². The maximum absolute atomic E-state index is 13.6. The van der Waals surface area contributed by atoms with E-state index in [1.54, 1.807) is 41.3 Å². The molecule has 37 heavy (non-hydrogen) atoms. The number of rotatable bonds is 8. The zero-order chi connectivity index (χ0) is 26.4. The predicted octanol–water partition coefficient (Wildman–Crippen LogP) is 4.13. The van der Waals surface area contributed by atoms with Gasteiger partial charge in [0, 0.05) is 38.6 Å². The Bertz CT molecular complexity index is 1280. The van der Waals surface area contributed by atoms with E-state index in [4.69, 9.17) is 0 Å². The van der Waals surface area contributed by atoms with E-state index in [2.05, 4.69) is 4.90 Å². The van der Waals surface area contributed by atoms with E-state index in [-0.39, 0.29) is 30.1 Å². The summed E-state index contributed by atoms with van der Waals surface area (Å²) in [6.07, 6.45) is 1.50. The Morgan fingerprint density at radius 1 is 0.865 bits per heavy atom. The van der Waals surface area contributed by atoms with Crippen LogP contribution in [0.3, 0.4) is 0 Å². The molecule has 194 valence electrons. The van der Waals surface area contributed by atoms with Crippen LogP contribution in [0.25, 0.3) is 6.08 Å². The summed E-state index contributed by atoms with van der Waals surface area (Å²) in [7, 11) is -2.38. The quantitative estimate of drug-likeness (QED) is 0.444. The van der Waals surface area contributed by atoms with Crippen LogP contribution in [-0.2, 0) is 14.8 Å². The fourth-order valence-corrected chi connectivity index (χ4v) is 5.17. The summed E-state index contributed by atoms with van der Waals surface area (Å²) in [6, 6.07) is 21.3. The number of carbonyl (C=O) groups is 1. The first-order chi connectivity index (χ1) is 17.7. The van der Waals surface area contributed by atoms with Gasteiger partial charge in [0.15, 0.2) is 0 Å². The molecule has 0 aliphatic carbocycles. The molecular formula is C28H29F2N3O3S. The van der Waals surface area contributed by atoms with E-state index in [9.17, 15) is 22.0 Å². The monoisotopic (exact) mass is 525 g/mol. The van der Waals surface area contributed by atoms with Crippen molar-refractivity contribution < 1.29 is 22.0 Å². The van der Waals surface area contributed by atoms with Gasteiger partial charge in [-0.25, -0.2) is 17.2 Å². The first-order valence-corrected chi connectivity index (χ1v) is 13.5. The lowest BCUT2D eigenvalue weighted by Gasteiger charge is -2.40. The number of benzene rings is 3. The van der Waals surface area contributed by atoms with Gasteiger partial charge < -0.3 is 4.90 Å². The first-order valence-electron chi connectivity index (χ1n) is 12.0. The van der Waals surface area contributed by atoms with Crippen LogP contribution in [0.5, 0.6) is 0 Å². The molecule has 0 aromatic heterocycles. The topological polar surface area (TPSA) is 60.9 Å². The number of carbonyl (C=O) groups excluding carboxylic acids is 1. The molecule has 1 aliphatic heterocycles. The summed E-state index contributed by atoms with van der Waals surface area (Å²) in [5, 5.41) is 1.10. The Kier molecular flexibility index (Phi) is 8.48. The van der Waals surface area contributed by atoms with Crippen LogP contribution in [0.2, 0.25) is 0 Å². The van der Waals surface area contributed by atoms with Gasteiger partial charge in [-0.3, -0.25) is 9.69 Å². The van der Waals surface area contributed by atoms with Crippen molar-refractivity contribution in [2.45, 2.75) is 6.04 Å². The molecule has 0 radical (unpaired) electrons. The van der Waals surface area contributed by atoms with Crippen molar-refractivity contribution in [3.8, 4) is 0 Å². The molecule has 0 spiro atoms. The van der Waals surface area contributed by atoms with Crippen molar-refractivity contribution in [3.63, 3.8) is 0 Å². The summed E-state index contributed by atoms with van der Waals surface area (Å²) >= 11 is 0. The van der Waals surface area contributed by atoms with Gasteiger partial charge in [0.05, 0.1) is 12.6 Å². The lowest BCUT2D eigenvalue weighted by atomic mass is 9.96. The Morgan fingerprint density at radius 3 is 1.89 bits per heavy atom. The van der Waals surface area contributed by atoms with Gasteiger partial charge in [0.1, 0.15) is 11.6 Å². The molecule has 0 bridgehead atoms. The molecule has 4 rings (SSSR count). The average molecular weight is 526 g/mol. The molecule has 0 unspecified atom stereocenters. The van der Waals surface area contributed by atoms with Crippen LogP contribution in [0.1, 0.15) is 22.7 Å². The number of likely N-dealkylation sites (N-methyl/N-ethyl adjacent to an activating group) is 1. The van der Waals surface area contributed by atoms with Crippen LogP contribution in [0, 0.1) is 11.6 Å². The van der Waals surface area contributed by atoms with Crippen LogP contribution < -0.4 is 0 Å². The third-order valence-corrected chi connectivity index (χ3v) is 7.91. The van der Waals surface area contributed by atoms with Gasteiger partial charge in [-0.1, -0.05) is 54.6 Å². The fourth-order valence-electron chi connectivity index (χ4n) is 4.35. The molecule has 1 amide bonds. The third-order valence-electron chi connectivity index (χ3n) is 6.43. The molecule has 9 heteroatoms. The predicted molar refractivity (Wildman–Crippen MR) is 140 cm³/mol. The molecule has 1 fully saturated rings. The minimum atomic E-state index is -3.76. The molecule has 1 aliphatic rings. The molecule has 0 N–H and O–H groups in total. The van der Waals surface area contributed by atoms with Crippen molar-refractivity contribution in [3.05, 3.63) is 113 Å². The highest BCUT2D eigenvalue weighted by Crippen LogP contribution is 2.30. The van der Waals surface area contributed by atoms with Crippen molar-refractivity contribution >= 4 is 22.0 Å². The Labute approximate surface area is 216 Å². The van der Waals surface area contributed by atoms with E-state index in [0.717, 1.165) is 26.4 Å². The third kappa shape index (κ3) is 6.88. The highest BCUT2D eigenvalue weighted by Gasteiger charge is 2.29. The van der Waals surface area contributed by atoms with Crippen molar-refractivity contribution in [2.75, 3.05) is 39.8 Å². The Morgan fingerprint density at radius 2 is 1.38 bits per heavy atom. The molecule has 3 aromatic carbocycles. The van der Waals surface area contributed by atoms with Crippen molar-refractivity contribution in [1.82, 2.24) is 14.1 Å². The second kappa shape index (κ2) is 11.8. The number of piperazine rings is 1. The molecule has 1 saturated heterocycles. The van der Waals surface area contributed by atoms with Crippen LogP contribution in [0.4, 0.5) is 8.78 Å². The van der Waals surface area contributed by atoms with E-state index in [0.29, 0.717) is 26.2 Å². The second-order valence-electron chi connectivity index (χ2n) is 8.94. The Hall–Kier alpha value is -3.40. The van der Waals surface area contributed by atoms with E-state index in [1.165, 1.54) is 37.4 Å². The fraction of sp³-hybridized carbons (Fsp3) is 0.250. The highest BCUT2D eigenvalue weighted by atomic mass is 32.2. The van der Waals surface area contributed by atoms with Crippen LogP contribution in [-0.4, -0.2) is 68.2 Å². The van der Waals surface area contributed by atoms with E-state index < -0.39 is 10.0 Å². The smallest absolute Gasteiger partial charge is 0.237 e. The molecule has 3 aromatic rings. The van der Waals surface area contributed by atoms with Crippen LogP contribution >= 0.6 is 0 Å². The van der Waals surface area contributed by atoms with Gasteiger partial charge in [0.25, 0.3) is 0 Å². The van der Waals surface area contributed by atoms with Gasteiger partial charge in [-0.05, 0) is 47.0 Å². The molecular weight excluding hydrogens is 496 g/mol. The first kappa shape index (κ1) is 26.7. The lowest BCUT2D eigenvalue weighted by molar-refractivity contribution is -0.133. The summed E-state index contributed by atoms with van der Waals surface area (Å²) in [5.41, 5.74) is 2.48. The molecule has 6 nitrogen and oxygen atoms in total. The highest BCUT2D eigenvalue weighted by molar-refractivity contribution is 7.92. The minimum Gasteiger partial charge on any atom is -0.339 e. The molecule has 1 heterocycles. The maximum atomic E-state index is 13.6.